The van der Waals surface area contributed by atoms with Gasteiger partial charge in [-0.1, -0.05) is 46.1 Å². The Labute approximate surface area is 96.7 Å². The Morgan fingerprint density at radius 3 is 2.20 bits per heavy atom. The summed E-state index contributed by atoms with van der Waals surface area (Å²) >= 11 is 0. The predicted molar refractivity (Wildman–Crippen MR) is 72.6 cm³/mol. The third-order valence-electron chi connectivity index (χ3n) is 2.05. The molecule has 1 nitrogen and oxygen atoms in total. The zero-order valence-corrected chi connectivity index (χ0v) is 11.3. The maximum atomic E-state index is 4.23. The van der Waals surface area contributed by atoms with Gasteiger partial charge in [-0.3, -0.25) is 4.99 Å². The first kappa shape index (κ1) is 16.8. The molecule has 0 radical (unpaired) electrons. The molecular weight excluding hydrogens is 182 g/mol. The van der Waals surface area contributed by atoms with Crippen LogP contribution in [0.15, 0.2) is 16.8 Å². The zero-order chi connectivity index (χ0) is 11.9. The lowest BCUT2D eigenvalue weighted by molar-refractivity contribution is 0.650. The zero-order valence-electron chi connectivity index (χ0n) is 11.3. The van der Waals surface area contributed by atoms with Gasteiger partial charge >= 0.3 is 0 Å². The Bertz CT molecular complexity index is 157. The van der Waals surface area contributed by atoms with Crippen LogP contribution in [-0.2, 0) is 0 Å². The summed E-state index contributed by atoms with van der Waals surface area (Å²) in [5, 5.41) is 0. The molecule has 1 heterocycles. The first-order valence-electron chi connectivity index (χ1n) is 6.57. The van der Waals surface area contributed by atoms with Gasteiger partial charge in [-0.25, -0.2) is 0 Å². The number of nitrogens with zero attached hydrogens (tertiary/aromatic N) is 1. The molecular formula is C14H29N. The van der Waals surface area contributed by atoms with Crippen molar-refractivity contribution in [2.24, 2.45) is 4.99 Å². The fourth-order valence-corrected chi connectivity index (χ4v) is 1.31. The number of aliphatic imine (C=N–C) groups is 1. The van der Waals surface area contributed by atoms with Crippen molar-refractivity contribution >= 4 is 6.21 Å². The standard InChI is InChI=1S/C10H17N.2C2H6/c1-10-7-5-3-2-4-6-8-11-9-10;2*1-2/h8-9H,2-7H2,1H3;2*1-2H3/b10-9+,11-8?;;. The van der Waals surface area contributed by atoms with Crippen LogP contribution < -0.4 is 0 Å². The average molecular weight is 211 g/mol. The molecule has 0 saturated carbocycles. The molecule has 1 heteroatoms. The Hall–Kier alpha value is -0.590. The van der Waals surface area contributed by atoms with Gasteiger partial charge in [0.25, 0.3) is 0 Å². The van der Waals surface area contributed by atoms with Gasteiger partial charge in [0.05, 0.1) is 0 Å². The molecule has 0 amide bonds. The van der Waals surface area contributed by atoms with Crippen molar-refractivity contribution in [1.29, 1.82) is 0 Å². The smallest absolute Gasteiger partial charge is 0.0253 e. The van der Waals surface area contributed by atoms with Gasteiger partial charge in [0, 0.05) is 12.4 Å². The molecule has 0 atom stereocenters. The summed E-state index contributed by atoms with van der Waals surface area (Å²) in [5.74, 6) is 0. The summed E-state index contributed by atoms with van der Waals surface area (Å²) in [5.41, 5.74) is 1.42. The Balaban J connectivity index is 0. The van der Waals surface area contributed by atoms with Crippen LogP contribution in [0.3, 0.4) is 0 Å². The first-order valence-corrected chi connectivity index (χ1v) is 6.57. The summed E-state index contributed by atoms with van der Waals surface area (Å²) in [6, 6.07) is 0. The highest BCUT2D eigenvalue weighted by Gasteiger charge is 1.93. The van der Waals surface area contributed by atoms with Crippen LogP contribution in [0.1, 0.15) is 73.1 Å². The van der Waals surface area contributed by atoms with Crippen LogP contribution in [0, 0.1) is 0 Å². The number of hydrogen-bond acceptors (Lipinski definition) is 1. The highest BCUT2D eigenvalue weighted by Crippen LogP contribution is 2.11. The number of rotatable bonds is 0. The molecule has 0 spiro atoms. The van der Waals surface area contributed by atoms with Crippen LogP contribution in [-0.4, -0.2) is 6.21 Å². The van der Waals surface area contributed by atoms with E-state index in [2.05, 4.69) is 11.9 Å². The largest absolute Gasteiger partial charge is 0.269 e. The molecule has 0 fully saturated rings. The van der Waals surface area contributed by atoms with Crippen LogP contribution >= 0.6 is 0 Å². The van der Waals surface area contributed by atoms with Gasteiger partial charge in [-0.15, -0.1) is 0 Å². The molecule has 0 aromatic rings. The van der Waals surface area contributed by atoms with E-state index in [1.807, 2.05) is 40.1 Å². The Kier molecular flexibility index (Phi) is 17.8. The van der Waals surface area contributed by atoms with E-state index in [-0.39, 0.29) is 0 Å². The fraction of sp³-hybridized carbons (Fsp3) is 0.786. The van der Waals surface area contributed by atoms with Gasteiger partial charge in [0.2, 0.25) is 0 Å². The molecule has 15 heavy (non-hydrogen) atoms. The van der Waals surface area contributed by atoms with Crippen molar-refractivity contribution in [2.75, 3.05) is 0 Å². The van der Waals surface area contributed by atoms with Crippen molar-refractivity contribution in [1.82, 2.24) is 0 Å². The lowest BCUT2D eigenvalue weighted by Crippen LogP contribution is -1.84. The van der Waals surface area contributed by atoms with Crippen LogP contribution in [0.5, 0.6) is 0 Å². The SMILES string of the molecule is C/C1=C\N=CCCCCCC1.CC.CC. The molecule has 90 valence electrons. The van der Waals surface area contributed by atoms with Crippen LogP contribution in [0.25, 0.3) is 0 Å². The van der Waals surface area contributed by atoms with Gasteiger partial charge in [0.1, 0.15) is 0 Å². The summed E-state index contributed by atoms with van der Waals surface area (Å²) < 4.78 is 0. The van der Waals surface area contributed by atoms with E-state index in [1.165, 1.54) is 37.7 Å². The number of allylic oxidation sites excluding steroid dienone is 1. The Morgan fingerprint density at radius 2 is 1.53 bits per heavy atom. The van der Waals surface area contributed by atoms with E-state index in [0.29, 0.717) is 0 Å². The van der Waals surface area contributed by atoms with Crippen LogP contribution in [0.2, 0.25) is 0 Å². The lowest BCUT2D eigenvalue weighted by atomic mass is 10.1. The lowest BCUT2D eigenvalue weighted by Gasteiger charge is -2.01. The molecule has 0 N–H and O–H groups in total. The maximum Gasteiger partial charge on any atom is 0.0253 e. The molecule has 0 saturated heterocycles. The third kappa shape index (κ3) is 13.4. The van der Waals surface area contributed by atoms with E-state index in [1.54, 1.807) is 0 Å². The van der Waals surface area contributed by atoms with Gasteiger partial charge in [-0.2, -0.15) is 0 Å². The van der Waals surface area contributed by atoms with Gasteiger partial charge in [-0.05, 0) is 32.6 Å². The van der Waals surface area contributed by atoms with E-state index in [4.69, 9.17) is 0 Å². The van der Waals surface area contributed by atoms with Gasteiger partial charge < -0.3 is 0 Å². The normalized spacial score (nSPS) is 19.7. The topological polar surface area (TPSA) is 12.4 Å². The molecule has 1 aliphatic heterocycles. The molecule has 0 aliphatic carbocycles. The second-order valence-electron chi connectivity index (χ2n) is 3.26. The molecule has 0 bridgehead atoms. The summed E-state index contributed by atoms with van der Waals surface area (Å²) in [4.78, 5) is 4.23. The quantitative estimate of drug-likeness (QED) is 0.511. The van der Waals surface area contributed by atoms with E-state index in [9.17, 15) is 0 Å². The fourth-order valence-electron chi connectivity index (χ4n) is 1.31. The molecule has 0 aromatic carbocycles. The molecule has 0 aromatic heterocycles. The van der Waals surface area contributed by atoms with E-state index < -0.39 is 0 Å². The molecule has 1 aliphatic rings. The van der Waals surface area contributed by atoms with Crippen molar-refractivity contribution in [2.45, 2.75) is 73.1 Å². The maximum absolute atomic E-state index is 4.23. The minimum atomic E-state index is 1.16. The molecule has 1 rings (SSSR count). The average Bonchev–Trinajstić information content (AvgIpc) is 2.33. The van der Waals surface area contributed by atoms with Crippen molar-refractivity contribution in [3.8, 4) is 0 Å². The van der Waals surface area contributed by atoms with Crippen molar-refractivity contribution in [3.05, 3.63) is 11.8 Å². The minimum Gasteiger partial charge on any atom is -0.269 e. The van der Waals surface area contributed by atoms with Crippen LogP contribution in [0.4, 0.5) is 0 Å². The van der Waals surface area contributed by atoms with Crippen molar-refractivity contribution in [3.63, 3.8) is 0 Å². The van der Waals surface area contributed by atoms with E-state index in [0.717, 1.165) is 6.42 Å². The number of hydrogen-bond donors (Lipinski definition) is 0. The highest BCUT2D eigenvalue weighted by atomic mass is 14.7. The minimum absolute atomic E-state index is 1.16. The van der Waals surface area contributed by atoms with Crippen molar-refractivity contribution < 1.29 is 0 Å². The summed E-state index contributed by atoms with van der Waals surface area (Å²) in [7, 11) is 0. The highest BCUT2D eigenvalue weighted by molar-refractivity contribution is 5.58. The van der Waals surface area contributed by atoms with Gasteiger partial charge in [0.15, 0.2) is 0 Å². The predicted octanol–water partition coefficient (Wildman–Crippen LogP) is 5.37. The third-order valence-corrected chi connectivity index (χ3v) is 2.05. The first-order chi connectivity index (χ1) is 7.39. The monoisotopic (exact) mass is 211 g/mol. The second kappa shape index (κ2) is 15.9. The Morgan fingerprint density at radius 1 is 0.933 bits per heavy atom. The second-order valence-corrected chi connectivity index (χ2v) is 3.26. The molecule has 0 unspecified atom stereocenters. The summed E-state index contributed by atoms with van der Waals surface area (Å²) in [6.45, 7) is 10.2. The van der Waals surface area contributed by atoms with E-state index >= 15 is 0 Å². The summed E-state index contributed by atoms with van der Waals surface area (Å²) in [6.07, 6.45) is 11.9.